The molecule has 4 heterocycles. The molecule has 9 nitrogen and oxygen atoms in total. The summed E-state index contributed by atoms with van der Waals surface area (Å²) in [6, 6.07) is 8.54. The number of H-pyrrole nitrogens is 1. The number of rotatable bonds is 2. The molecule has 1 N–H and O–H groups in total. The predicted molar refractivity (Wildman–Crippen MR) is 104 cm³/mol. The fourth-order valence-electron chi connectivity index (χ4n) is 3.85. The van der Waals surface area contributed by atoms with E-state index in [1.165, 1.54) is 0 Å². The molecule has 0 radical (unpaired) electrons. The van der Waals surface area contributed by atoms with Crippen LogP contribution in [0.4, 0.5) is 0 Å². The van der Waals surface area contributed by atoms with Gasteiger partial charge in [-0.2, -0.15) is 0 Å². The molecular weight excluding hydrogens is 376 g/mol. The Morgan fingerprint density at radius 2 is 1.72 bits per heavy atom. The van der Waals surface area contributed by atoms with Crippen molar-refractivity contribution in [2.45, 2.75) is 0 Å². The van der Waals surface area contributed by atoms with Crippen molar-refractivity contribution in [3.63, 3.8) is 0 Å². The van der Waals surface area contributed by atoms with Gasteiger partial charge in [-0.15, -0.1) is 0 Å². The summed E-state index contributed by atoms with van der Waals surface area (Å²) in [7, 11) is 1.83. The number of hydrogen-bond donors (Lipinski definition) is 1. The van der Waals surface area contributed by atoms with E-state index in [1.54, 1.807) is 40.3 Å². The molecule has 29 heavy (non-hydrogen) atoms. The second kappa shape index (κ2) is 6.40. The van der Waals surface area contributed by atoms with Crippen LogP contribution in [0.3, 0.4) is 0 Å². The zero-order chi connectivity index (χ0) is 20.1. The Labute approximate surface area is 164 Å². The molecular formula is C20H18N4O5. The summed E-state index contributed by atoms with van der Waals surface area (Å²) in [5.74, 6) is -0.882. The van der Waals surface area contributed by atoms with Crippen molar-refractivity contribution in [2.24, 2.45) is 7.05 Å². The van der Waals surface area contributed by atoms with Gasteiger partial charge in [-0.1, -0.05) is 6.07 Å². The van der Waals surface area contributed by atoms with Gasteiger partial charge in [0, 0.05) is 45.4 Å². The Hall–Kier alpha value is -3.75. The first-order valence-electron chi connectivity index (χ1n) is 9.26. The van der Waals surface area contributed by atoms with Crippen molar-refractivity contribution in [3.05, 3.63) is 58.4 Å². The highest BCUT2D eigenvalue weighted by Gasteiger charge is 2.28. The monoisotopic (exact) mass is 394 g/mol. The lowest BCUT2D eigenvalue weighted by molar-refractivity contribution is 0.0531. The SMILES string of the molecule is Cn1c(C(=O)N2CCN(C(=O)c3cccc4oc(=O)[nH]c34)CC2)cc2occc21. The molecule has 0 unspecified atom stereocenters. The van der Waals surface area contributed by atoms with Crippen molar-refractivity contribution in [2.75, 3.05) is 26.2 Å². The highest BCUT2D eigenvalue weighted by atomic mass is 16.4. The molecule has 5 rings (SSSR count). The number of nitrogens with zero attached hydrogens (tertiary/aromatic N) is 3. The van der Waals surface area contributed by atoms with Crippen LogP contribution in [0.2, 0.25) is 0 Å². The molecule has 3 aromatic heterocycles. The van der Waals surface area contributed by atoms with Crippen LogP contribution in [0, 0.1) is 0 Å². The fraction of sp³-hybridized carbons (Fsp3) is 0.250. The first-order chi connectivity index (χ1) is 14.0. The van der Waals surface area contributed by atoms with Crippen molar-refractivity contribution >= 4 is 34.0 Å². The van der Waals surface area contributed by atoms with Gasteiger partial charge in [0.15, 0.2) is 11.2 Å². The second-order valence-electron chi connectivity index (χ2n) is 7.04. The van der Waals surface area contributed by atoms with E-state index in [1.807, 2.05) is 17.7 Å². The first-order valence-corrected chi connectivity index (χ1v) is 9.26. The molecule has 0 atom stereocenters. The van der Waals surface area contributed by atoms with Gasteiger partial charge in [0.25, 0.3) is 11.8 Å². The number of fused-ring (bicyclic) bond motifs is 2. The summed E-state index contributed by atoms with van der Waals surface area (Å²) in [6.45, 7) is 1.66. The summed E-state index contributed by atoms with van der Waals surface area (Å²) in [4.78, 5) is 43.3. The number of oxazole rings is 1. The van der Waals surface area contributed by atoms with Crippen molar-refractivity contribution in [3.8, 4) is 0 Å². The van der Waals surface area contributed by atoms with Crippen LogP contribution in [0.1, 0.15) is 20.8 Å². The highest BCUT2D eigenvalue weighted by Crippen LogP contribution is 2.22. The van der Waals surface area contributed by atoms with Crippen LogP contribution in [0.25, 0.3) is 22.2 Å². The molecule has 1 aromatic carbocycles. The number of furan rings is 1. The largest absolute Gasteiger partial charge is 0.463 e. The van der Waals surface area contributed by atoms with Gasteiger partial charge < -0.3 is 23.2 Å². The number of aromatic nitrogens is 2. The quantitative estimate of drug-likeness (QED) is 0.558. The minimum atomic E-state index is -0.594. The molecule has 0 spiro atoms. The van der Waals surface area contributed by atoms with Crippen molar-refractivity contribution in [1.29, 1.82) is 0 Å². The van der Waals surface area contributed by atoms with Crippen LogP contribution >= 0.6 is 0 Å². The van der Waals surface area contributed by atoms with E-state index < -0.39 is 5.76 Å². The van der Waals surface area contributed by atoms with E-state index in [4.69, 9.17) is 8.83 Å². The van der Waals surface area contributed by atoms with E-state index in [0.717, 1.165) is 5.52 Å². The maximum Gasteiger partial charge on any atom is 0.417 e. The average Bonchev–Trinajstić information content (AvgIpc) is 3.42. The van der Waals surface area contributed by atoms with Crippen molar-refractivity contribution in [1.82, 2.24) is 19.4 Å². The lowest BCUT2D eigenvalue weighted by Crippen LogP contribution is -2.50. The maximum absolute atomic E-state index is 12.9. The number of piperazine rings is 1. The number of benzene rings is 1. The lowest BCUT2D eigenvalue weighted by atomic mass is 10.1. The van der Waals surface area contributed by atoms with E-state index in [-0.39, 0.29) is 11.8 Å². The topological polar surface area (TPSA) is 105 Å². The molecule has 148 valence electrons. The molecule has 0 aliphatic carbocycles. The van der Waals surface area contributed by atoms with Gasteiger partial charge in [-0.25, -0.2) is 4.79 Å². The smallest absolute Gasteiger partial charge is 0.417 e. The molecule has 2 amide bonds. The highest BCUT2D eigenvalue weighted by molar-refractivity contribution is 6.04. The van der Waals surface area contributed by atoms with E-state index >= 15 is 0 Å². The Kier molecular flexibility index (Phi) is 3.83. The third kappa shape index (κ3) is 2.74. The molecule has 1 fully saturated rings. The number of hydrogen-bond acceptors (Lipinski definition) is 5. The van der Waals surface area contributed by atoms with Crippen molar-refractivity contribution < 1.29 is 18.4 Å². The van der Waals surface area contributed by atoms with Gasteiger partial charge in [-0.3, -0.25) is 14.6 Å². The van der Waals surface area contributed by atoms with Gasteiger partial charge in [-0.05, 0) is 12.1 Å². The number of para-hydroxylation sites is 1. The molecule has 1 aliphatic heterocycles. The third-order valence-corrected chi connectivity index (χ3v) is 5.42. The fourth-order valence-corrected chi connectivity index (χ4v) is 3.85. The van der Waals surface area contributed by atoms with Crippen LogP contribution in [-0.4, -0.2) is 57.3 Å². The number of carbonyl (C=O) groups excluding carboxylic acids is 2. The summed E-state index contributed by atoms with van der Waals surface area (Å²) < 4.78 is 12.2. The Balaban J connectivity index is 1.32. The van der Waals surface area contributed by atoms with Crippen LogP contribution in [-0.2, 0) is 7.05 Å². The number of carbonyl (C=O) groups is 2. The third-order valence-electron chi connectivity index (χ3n) is 5.42. The zero-order valence-electron chi connectivity index (χ0n) is 15.7. The molecule has 1 aliphatic rings. The summed E-state index contributed by atoms with van der Waals surface area (Å²) in [5, 5.41) is 0. The van der Waals surface area contributed by atoms with E-state index in [2.05, 4.69) is 4.98 Å². The van der Waals surface area contributed by atoms with Gasteiger partial charge in [0.2, 0.25) is 0 Å². The van der Waals surface area contributed by atoms with Crippen LogP contribution in [0.5, 0.6) is 0 Å². The number of aryl methyl sites for hydroxylation is 1. The minimum absolute atomic E-state index is 0.0905. The lowest BCUT2D eigenvalue weighted by Gasteiger charge is -2.34. The maximum atomic E-state index is 12.9. The first kappa shape index (κ1) is 17.4. The number of amides is 2. The molecule has 0 bridgehead atoms. The Morgan fingerprint density at radius 3 is 2.45 bits per heavy atom. The molecule has 9 heteroatoms. The van der Waals surface area contributed by atoms with Gasteiger partial charge >= 0.3 is 5.76 Å². The summed E-state index contributed by atoms with van der Waals surface area (Å²) in [5.41, 5.74) is 3.22. The van der Waals surface area contributed by atoms with Crippen LogP contribution in [0.15, 0.2) is 50.2 Å². The van der Waals surface area contributed by atoms with E-state index in [0.29, 0.717) is 54.1 Å². The van der Waals surface area contributed by atoms with Gasteiger partial charge in [0.1, 0.15) is 5.69 Å². The average molecular weight is 394 g/mol. The summed E-state index contributed by atoms with van der Waals surface area (Å²) >= 11 is 0. The number of nitrogens with one attached hydrogen (secondary N) is 1. The zero-order valence-corrected chi connectivity index (χ0v) is 15.7. The van der Waals surface area contributed by atoms with E-state index in [9.17, 15) is 14.4 Å². The minimum Gasteiger partial charge on any atom is -0.463 e. The molecule has 4 aromatic rings. The second-order valence-corrected chi connectivity index (χ2v) is 7.04. The Morgan fingerprint density at radius 1 is 1.00 bits per heavy atom. The summed E-state index contributed by atoms with van der Waals surface area (Å²) in [6.07, 6.45) is 1.59. The number of aromatic amines is 1. The van der Waals surface area contributed by atoms with Crippen LogP contribution < -0.4 is 5.76 Å². The molecule has 1 saturated heterocycles. The van der Waals surface area contributed by atoms with Gasteiger partial charge in [0.05, 0.1) is 22.9 Å². The standard InChI is InChI=1S/C20H18N4O5/c1-22-13-5-10-28-16(13)11-14(22)19(26)24-8-6-23(7-9-24)18(25)12-3-2-4-15-17(12)21-20(27)29-15/h2-5,10-11H,6-9H2,1H3,(H,21,27). The molecule has 0 saturated carbocycles. The Bertz CT molecular complexity index is 1300. The predicted octanol–water partition coefficient (Wildman–Crippen LogP) is 1.80. The normalized spacial score (nSPS) is 14.8.